The lowest BCUT2D eigenvalue weighted by Gasteiger charge is -2.28. The summed E-state index contributed by atoms with van der Waals surface area (Å²) < 4.78 is 0. The third-order valence-electron chi connectivity index (χ3n) is 11.0. The lowest BCUT2D eigenvalue weighted by molar-refractivity contribution is 0.330. The molecule has 58 heavy (non-hydrogen) atoms. The van der Waals surface area contributed by atoms with Crippen LogP contribution in [-0.2, 0) is 0 Å². The highest BCUT2D eigenvalue weighted by Gasteiger charge is 2.24. The Morgan fingerprint density at radius 3 is 1.48 bits per heavy atom. The Labute approximate surface area is 333 Å². The fraction of sp³-hybridized carbons (Fsp3) is 0. The van der Waals surface area contributed by atoms with Crippen LogP contribution in [0.15, 0.2) is 176 Å². The molecule has 0 aliphatic rings. The van der Waals surface area contributed by atoms with E-state index in [1.165, 1.54) is 26.9 Å². The molecular weight excluding hydrogens is 721 g/mol. The Kier molecular flexibility index (Phi) is 8.09. The average Bonchev–Trinajstić information content (AvgIpc) is 3.28. The van der Waals surface area contributed by atoms with Crippen LogP contribution >= 0.6 is 0 Å². The molecule has 278 valence electrons. The van der Waals surface area contributed by atoms with Crippen molar-refractivity contribution < 1.29 is 25.5 Å². The zero-order chi connectivity index (χ0) is 39.5. The highest BCUT2D eigenvalue weighted by atomic mass is 16.4. The van der Waals surface area contributed by atoms with Gasteiger partial charge in [-0.1, -0.05) is 140 Å². The highest BCUT2D eigenvalue weighted by Crippen LogP contribution is 2.55. The van der Waals surface area contributed by atoms with Crippen molar-refractivity contribution in [3.63, 3.8) is 0 Å². The largest absolute Gasteiger partial charge is 0.504 e. The molecule has 0 unspecified atom stereocenters. The first-order chi connectivity index (χ1) is 28.3. The minimum Gasteiger partial charge on any atom is -0.504 e. The SMILES string of the molecule is Oc1c(O)c(O)c(-c2ccc(-c3ccc(-c4ccc(N(c5ccc(-c6ccccc6)cc5)c5cc6cccc7ccc8cccc5c8c76)cn4)cc3)cc2)c(O)c1O. The maximum absolute atomic E-state index is 10.4. The van der Waals surface area contributed by atoms with Crippen molar-refractivity contribution >= 4 is 49.4 Å². The van der Waals surface area contributed by atoms with Gasteiger partial charge < -0.3 is 30.4 Å². The van der Waals surface area contributed by atoms with Gasteiger partial charge in [-0.15, -0.1) is 0 Å². The van der Waals surface area contributed by atoms with Crippen molar-refractivity contribution in [3.8, 4) is 73.4 Å². The minimum absolute atomic E-state index is 0.189. The van der Waals surface area contributed by atoms with Gasteiger partial charge >= 0.3 is 0 Å². The van der Waals surface area contributed by atoms with Crippen molar-refractivity contribution in [1.82, 2.24) is 4.98 Å². The lowest BCUT2D eigenvalue weighted by atomic mass is 9.92. The van der Waals surface area contributed by atoms with Gasteiger partial charge in [0.25, 0.3) is 0 Å². The van der Waals surface area contributed by atoms with Gasteiger partial charge in [0.05, 0.1) is 28.8 Å². The van der Waals surface area contributed by atoms with Crippen LogP contribution in [-0.4, -0.2) is 30.5 Å². The molecule has 0 bridgehead atoms. The van der Waals surface area contributed by atoms with Crippen molar-refractivity contribution in [2.24, 2.45) is 0 Å². The fourth-order valence-corrected chi connectivity index (χ4v) is 8.10. The van der Waals surface area contributed by atoms with E-state index in [-0.39, 0.29) is 5.56 Å². The summed E-state index contributed by atoms with van der Waals surface area (Å²) in [6.07, 6.45) is 1.93. The van der Waals surface area contributed by atoms with Crippen LogP contribution in [0.1, 0.15) is 0 Å². The van der Waals surface area contributed by atoms with E-state index in [0.29, 0.717) is 5.56 Å². The second-order valence-electron chi connectivity index (χ2n) is 14.4. The topological polar surface area (TPSA) is 117 Å². The Morgan fingerprint density at radius 2 is 0.862 bits per heavy atom. The molecule has 10 rings (SSSR count). The molecule has 10 aromatic rings. The molecule has 5 N–H and O–H groups in total. The van der Waals surface area contributed by atoms with E-state index in [1.807, 2.05) is 42.6 Å². The van der Waals surface area contributed by atoms with E-state index in [4.69, 9.17) is 4.98 Å². The summed E-state index contributed by atoms with van der Waals surface area (Å²) in [6, 6.07) is 57.9. The highest BCUT2D eigenvalue weighted by molar-refractivity contribution is 6.26. The molecule has 1 aromatic heterocycles. The Balaban J connectivity index is 1.00. The summed E-state index contributed by atoms with van der Waals surface area (Å²) in [5, 5.41) is 57.8. The number of aromatic nitrogens is 1. The fourth-order valence-electron chi connectivity index (χ4n) is 8.10. The summed E-state index contributed by atoms with van der Waals surface area (Å²) in [5.41, 5.74) is 9.02. The Hall–Kier alpha value is -8.03. The van der Waals surface area contributed by atoms with Crippen LogP contribution in [0.5, 0.6) is 28.7 Å². The van der Waals surface area contributed by atoms with Crippen LogP contribution in [0.3, 0.4) is 0 Å². The number of hydrogen-bond acceptors (Lipinski definition) is 7. The molecular formula is C51H34N2O5. The third kappa shape index (κ3) is 5.64. The minimum atomic E-state index is -0.991. The first-order valence-electron chi connectivity index (χ1n) is 18.8. The molecule has 0 fully saturated rings. The number of pyridine rings is 1. The first kappa shape index (κ1) is 34.5. The number of aromatic hydroxyl groups is 5. The summed E-state index contributed by atoms with van der Waals surface area (Å²) in [7, 11) is 0. The molecule has 0 saturated carbocycles. The maximum atomic E-state index is 10.4. The second kappa shape index (κ2) is 13.6. The zero-order valence-corrected chi connectivity index (χ0v) is 30.9. The summed E-state index contributed by atoms with van der Waals surface area (Å²) >= 11 is 0. The van der Waals surface area contributed by atoms with Crippen molar-refractivity contribution in [3.05, 3.63) is 176 Å². The monoisotopic (exact) mass is 754 g/mol. The van der Waals surface area contributed by atoms with E-state index >= 15 is 0 Å². The first-order valence-corrected chi connectivity index (χ1v) is 18.8. The van der Waals surface area contributed by atoms with Gasteiger partial charge in [0.15, 0.2) is 11.5 Å². The van der Waals surface area contributed by atoms with E-state index in [0.717, 1.165) is 56.0 Å². The predicted molar refractivity (Wildman–Crippen MR) is 233 cm³/mol. The van der Waals surface area contributed by atoms with E-state index < -0.39 is 28.7 Å². The van der Waals surface area contributed by atoms with Crippen LogP contribution in [0, 0.1) is 0 Å². The molecule has 0 amide bonds. The number of benzene rings is 9. The van der Waals surface area contributed by atoms with Gasteiger partial charge in [-0.2, -0.15) is 0 Å². The summed E-state index contributed by atoms with van der Waals surface area (Å²) in [5.74, 6) is -4.28. The quantitative estimate of drug-likeness (QED) is 0.0624. The van der Waals surface area contributed by atoms with Crippen LogP contribution < -0.4 is 4.90 Å². The molecule has 7 nitrogen and oxygen atoms in total. The van der Waals surface area contributed by atoms with Gasteiger partial charge in [-0.25, -0.2) is 0 Å². The van der Waals surface area contributed by atoms with Gasteiger partial charge in [0.1, 0.15) is 0 Å². The molecule has 7 heteroatoms. The summed E-state index contributed by atoms with van der Waals surface area (Å²) in [6.45, 7) is 0. The smallest absolute Gasteiger partial charge is 0.208 e. The molecule has 0 aliphatic heterocycles. The molecule has 1 heterocycles. The number of phenolic OH excluding ortho intramolecular Hbond substituents is 5. The Bertz CT molecular complexity index is 3100. The second-order valence-corrected chi connectivity index (χ2v) is 14.4. The third-order valence-corrected chi connectivity index (χ3v) is 11.0. The van der Waals surface area contributed by atoms with Gasteiger partial charge in [-0.05, 0) is 85.1 Å². The number of hydrogen-bond donors (Lipinski definition) is 5. The number of nitrogens with zero attached hydrogens (tertiary/aromatic N) is 2. The van der Waals surface area contributed by atoms with Crippen molar-refractivity contribution in [2.75, 3.05) is 4.90 Å². The zero-order valence-electron chi connectivity index (χ0n) is 30.9. The van der Waals surface area contributed by atoms with Crippen LogP contribution in [0.2, 0.25) is 0 Å². The summed E-state index contributed by atoms with van der Waals surface area (Å²) in [4.78, 5) is 7.29. The lowest BCUT2D eigenvalue weighted by Crippen LogP contribution is -2.11. The molecule has 0 atom stereocenters. The molecule has 9 aromatic carbocycles. The van der Waals surface area contributed by atoms with Crippen molar-refractivity contribution in [1.29, 1.82) is 0 Å². The number of rotatable bonds is 7. The predicted octanol–water partition coefficient (Wildman–Crippen LogP) is 12.6. The number of phenols is 5. The standard InChI is InChI=1S/C51H34N2O5/c54-47-46(48(55)50(57)51(58)49(47)56)37-18-14-32(15-19-37)31-12-16-34(17-13-31)42-27-26-40(29-52-42)53(39-24-22-33(23-25-39)30-6-2-1-3-7-30)43-28-38-10-4-8-35-20-21-36-9-5-11-41(43)45(36)44(35)38/h1-29,54-58H. The molecule has 0 saturated heterocycles. The average molecular weight is 755 g/mol. The maximum Gasteiger partial charge on any atom is 0.208 e. The van der Waals surface area contributed by atoms with Crippen LogP contribution in [0.25, 0.3) is 77.0 Å². The molecule has 0 aliphatic carbocycles. The van der Waals surface area contributed by atoms with E-state index in [1.54, 1.807) is 24.3 Å². The van der Waals surface area contributed by atoms with Crippen LogP contribution in [0.4, 0.5) is 17.1 Å². The molecule has 0 radical (unpaired) electrons. The normalized spacial score (nSPS) is 11.4. The Morgan fingerprint density at radius 1 is 0.362 bits per heavy atom. The van der Waals surface area contributed by atoms with E-state index in [2.05, 4.69) is 114 Å². The van der Waals surface area contributed by atoms with Crippen molar-refractivity contribution in [2.45, 2.75) is 0 Å². The van der Waals surface area contributed by atoms with Gasteiger partial charge in [0, 0.05) is 16.6 Å². The molecule has 0 spiro atoms. The number of anilines is 3. The van der Waals surface area contributed by atoms with Gasteiger partial charge in [-0.3, -0.25) is 4.98 Å². The van der Waals surface area contributed by atoms with Gasteiger partial charge in [0.2, 0.25) is 17.2 Å². The van der Waals surface area contributed by atoms with E-state index in [9.17, 15) is 25.5 Å².